The van der Waals surface area contributed by atoms with Gasteiger partial charge in [-0.25, -0.2) is 4.98 Å². The summed E-state index contributed by atoms with van der Waals surface area (Å²) in [7, 11) is 0. The minimum Gasteiger partial charge on any atom is -0.398 e. The van der Waals surface area contributed by atoms with Crippen molar-refractivity contribution in [2.45, 2.75) is 64.1 Å². The number of ketones is 1. The maximum atomic E-state index is 13.1. The number of rotatable bonds is 8. The number of carbonyl (C=O) groups is 1. The number of pyridine rings is 1. The number of aromatic nitrogens is 3. The lowest BCUT2D eigenvalue weighted by Gasteiger charge is -2.14. The summed E-state index contributed by atoms with van der Waals surface area (Å²) in [6.07, 6.45) is 11.7. The topological polar surface area (TPSA) is 103 Å². The Labute approximate surface area is 205 Å². The summed E-state index contributed by atoms with van der Waals surface area (Å²) in [4.78, 5) is 34.5. The number of hydrogen-bond donors (Lipinski definition) is 2. The first-order chi connectivity index (χ1) is 17.0. The van der Waals surface area contributed by atoms with Gasteiger partial charge in [-0.3, -0.25) is 14.6 Å². The Morgan fingerprint density at radius 1 is 1.11 bits per heavy atom. The van der Waals surface area contributed by atoms with Crippen LogP contribution in [0.1, 0.15) is 71.9 Å². The zero-order chi connectivity index (χ0) is 24.4. The monoisotopic (exact) mass is 469 g/mol. The normalized spacial score (nSPS) is 16.5. The van der Waals surface area contributed by atoms with Crippen molar-refractivity contribution in [3.63, 3.8) is 0 Å². The van der Waals surface area contributed by atoms with E-state index in [1.165, 1.54) is 24.5 Å². The summed E-state index contributed by atoms with van der Waals surface area (Å²) in [5.41, 5.74) is 10.7. The minimum atomic E-state index is -0.294. The van der Waals surface area contributed by atoms with Gasteiger partial charge in [0.1, 0.15) is 5.69 Å². The van der Waals surface area contributed by atoms with Gasteiger partial charge in [-0.15, -0.1) is 0 Å². The Bertz CT molecular complexity index is 1320. The molecule has 2 heterocycles. The van der Waals surface area contributed by atoms with Crippen molar-refractivity contribution in [3.8, 4) is 11.3 Å². The van der Waals surface area contributed by atoms with Crippen molar-refractivity contribution >= 4 is 11.5 Å². The fourth-order valence-corrected chi connectivity index (χ4v) is 4.60. The van der Waals surface area contributed by atoms with Crippen LogP contribution in [0.5, 0.6) is 0 Å². The Morgan fingerprint density at radius 3 is 2.57 bits per heavy atom. The molecule has 1 aromatic carbocycles. The molecule has 3 N–H and O–H groups in total. The molecule has 180 valence electrons. The Balaban J connectivity index is 1.36. The van der Waals surface area contributed by atoms with Crippen molar-refractivity contribution in [1.29, 1.82) is 0 Å². The molecule has 2 aromatic heterocycles. The van der Waals surface area contributed by atoms with E-state index >= 15 is 0 Å². The van der Waals surface area contributed by atoms with Gasteiger partial charge in [0.2, 0.25) is 5.78 Å². The predicted octanol–water partition coefficient (Wildman–Crippen LogP) is 4.16. The summed E-state index contributed by atoms with van der Waals surface area (Å²) >= 11 is 0. The highest BCUT2D eigenvalue weighted by Crippen LogP contribution is 2.29. The van der Waals surface area contributed by atoms with Gasteiger partial charge >= 0.3 is 0 Å². The van der Waals surface area contributed by atoms with E-state index in [4.69, 9.17) is 5.73 Å². The first kappa shape index (κ1) is 23.2. The Kier molecular flexibility index (Phi) is 6.59. The lowest BCUT2D eigenvalue weighted by molar-refractivity contribution is 0.104. The maximum absolute atomic E-state index is 13.1. The molecular formula is C28H31N5O2. The number of allylic oxidation sites excluding steroid dienone is 1. The minimum absolute atomic E-state index is 0.0120. The number of nitrogens with zero attached hydrogens (tertiary/aromatic N) is 3. The third-order valence-electron chi connectivity index (χ3n) is 6.89. The Morgan fingerprint density at radius 2 is 1.86 bits per heavy atom. The third-order valence-corrected chi connectivity index (χ3v) is 6.89. The second kappa shape index (κ2) is 9.96. The largest absolute Gasteiger partial charge is 0.398 e. The van der Waals surface area contributed by atoms with Crippen LogP contribution in [0.4, 0.5) is 0 Å². The molecule has 35 heavy (non-hydrogen) atoms. The van der Waals surface area contributed by atoms with E-state index in [0.29, 0.717) is 23.1 Å². The van der Waals surface area contributed by atoms with E-state index in [0.717, 1.165) is 43.4 Å². The number of nitrogens with two attached hydrogens (primary N) is 1. The first-order valence-electron chi connectivity index (χ1n) is 12.4. The average molecular weight is 470 g/mol. The molecule has 3 aromatic rings. The van der Waals surface area contributed by atoms with Gasteiger partial charge in [0.15, 0.2) is 0 Å². The van der Waals surface area contributed by atoms with Crippen LogP contribution in [0.3, 0.4) is 0 Å². The van der Waals surface area contributed by atoms with Crippen LogP contribution in [-0.4, -0.2) is 26.4 Å². The van der Waals surface area contributed by atoms with Crippen LogP contribution in [0.15, 0.2) is 59.7 Å². The van der Waals surface area contributed by atoms with Crippen molar-refractivity contribution < 1.29 is 4.79 Å². The second-order valence-corrected chi connectivity index (χ2v) is 9.61. The number of benzene rings is 1. The molecule has 0 aliphatic heterocycles. The third kappa shape index (κ3) is 5.41. The molecule has 2 aliphatic rings. The lowest BCUT2D eigenvalue weighted by atomic mass is 10.1. The highest BCUT2D eigenvalue weighted by atomic mass is 16.1. The molecule has 2 aliphatic carbocycles. The quantitative estimate of drug-likeness (QED) is 0.379. The zero-order valence-corrected chi connectivity index (χ0v) is 20.0. The molecule has 0 saturated heterocycles. The molecule has 2 saturated carbocycles. The molecule has 0 atom stereocenters. The van der Waals surface area contributed by atoms with Crippen LogP contribution in [0.2, 0.25) is 0 Å². The summed E-state index contributed by atoms with van der Waals surface area (Å²) in [5, 5.41) is 3.49. The van der Waals surface area contributed by atoms with E-state index in [1.54, 1.807) is 29.8 Å². The van der Waals surface area contributed by atoms with Gasteiger partial charge in [0.05, 0.1) is 17.6 Å². The Hall–Kier alpha value is -3.58. The van der Waals surface area contributed by atoms with E-state index in [9.17, 15) is 9.59 Å². The summed E-state index contributed by atoms with van der Waals surface area (Å²) in [5.74, 6) is -0.294. The highest BCUT2D eigenvalue weighted by molar-refractivity contribution is 6.07. The molecule has 0 radical (unpaired) electrons. The van der Waals surface area contributed by atoms with Crippen molar-refractivity contribution in [1.82, 2.24) is 19.9 Å². The number of nitrogens with one attached hydrogen (secondary N) is 1. The van der Waals surface area contributed by atoms with Gasteiger partial charge < -0.3 is 15.6 Å². The first-order valence-corrected chi connectivity index (χ1v) is 12.4. The molecule has 7 nitrogen and oxygen atoms in total. The smallest absolute Gasteiger partial charge is 0.250 e. The number of carbonyl (C=O) groups excluding carboxylic acids is 1. The molecule has 2 fully saturated rings. The van der Waals surface area contributed by atoms with E-state index in [1.807, 2.05) is 30.5 Å². The van der Waals surface area contributed by atoms with Crippen LogP contribution < -0.4 is 16.6 Å². The van der Waals surface area contributed by atoms with Crippen LogP contribution >= 0.6 is 0 Å². The molecule has 5 rings (SSSR count). The molecular weight excluding hydrogens is 438 g/mol. The maximum Gasteiger partial charge on any atom is 0.250 e. The van der Waals surface area contributed by atoms with Crippen LogP contribution in [0, 0.1) is 6.92 Å². The van der Waals surface area contributed by atoms with Crippen molar-refractivity contribution in [2.24, 2.45) is 5.73 Å². The number of aryl methyl sites for hydroxylation is 1. The predicted molar refractivity (Wildman–Crippen MR) is 137 cm³/mol. The molecule has 0 amide bonds. The van der Waals surface area contributed by atoms with E-state index in [2.05, 4.69) is 15.3 Å². The van der Waals surface area contributed by atoms with E-state index < -0.39 is 0 Å². The van der Waals surface area contributed by atoms with Gasteiger partial charge in [-0.2, -0.15) is 0 Å². The molecule has 7 heteroatoms. The SMILES string of the molecule is Cc1ncc(-c2ccc(=O)n(C3CCCC3)c2)nc1C(=O)C=C(N)c1ccc(CNC2CC2)cc1. The standard InChI is InChI=1S/C28H31N5O2/c1-18-28(26(34)14-24(29)20-8-6-19(7-9-20)15-31-22-11-12-22)32-25(16-30-18)21-10-13-27(35)33(17-21)23-4-2-3-5-23/h6-10,13-14,16-17,22-23,31H,2-5,11-12,15,29H2,1H3. The number of hydrogen-bond acceptors (Lipinski definition) is 6. The van der Waals surface area contributed by atoms with Gasteiger partial charge in [0, 0.05) is 48.2 Å². The zero-order valence-electron chi connectivity index (χ0n) is 20.0. The second-order valence-electron chi connectivity index (χ2n) is 9.61. The summed E-state index contributed by atoms with van der Waals surface area (Å²) in [6, 6.07) is 12.1. The fraction of sp³-hybridized carbons (Fsp3) is 0.357. The van der Waals surface area contributed by atoms with Crippen molar-refractivity contribution in [3.05, 3.63) is 87.7 Å². The highest BCUT2D eigenvalue weighted by Gasteiger charge is 2.20. The molecule has 0 spiro atoms. The molecule has 0 unspecified atom stereocenters. The van der Waals surface area contributed by atoms with Gasteiger partial charge in [0.25, 0.3) is 5.56 Å². The van der Waals surface area contributed by atoms with Crippen LogP contribution in [-0.2, 0) is 6.54 Å². The van der Waals surface area contributed by atoms with Gasteiger partial charge in [-0.1, -0.05) is 37.1 Å². The van der Waals surface area contributed by atoms with E-state index in [-0.39, 0.29) is 23.1 Å². The van der Waals surface area contributed by atoms with Crippen LogP contribution in [0.25, 0.3) is 17.0 Å². The average Bonchev–Trinajstić information content (AvgIpc) is 3.54. The van der Waals surface area contributed by atoms with Crippen molar-refractivity contribution in [2.75, 3.05) is 0 Å². The molecule has 0 bridgehead atoms. The summed E-state index contributed by atoms with van der Waals surface area (Å²) in [6.45, 7) is 2.60. The lowest BCUT2D eigenvalue weighted by Crippen LogP contribution is -2.22. The fourth-order valence-electron chi connectivity index (χ4n) is 4.60. The van der Waals surface area contributed by atoms with Gasteiger partial charge in [-0.05, 0) is 49.8 Å². The summed E-state index contributed by atoms with van der Waals surface area (Å²) < 4.78 is 1.80.